The molecule has 0 spiro atoms. The molecule has 1 saturated heterocycles. The Morgan fingerprint density at radius 1 is 1.06 bits per heavy atom. The highest BCUT2D eigenvalue weighted by Gasteiger charge is 2.29. The van der Waals surface area contributed by atoms with E-state index in [1.807, 2.05) is 24.4 Å². The summed E-state index contributed by atoms with van der Waals surface area (Å²) in [7, 11) is 1.61. The van der Waals surface area contributed by atoms with Crippen molar-refractivity contribution in [1.29, 1.82) is 0 Å². The van der Waals surface area contributed by atoms with E-state index in [1.165, 1.54) is 24.8 Å². The zero-order valence-electron chi connectivity index (χ0n) is 19.7. The Labute approximate surface area is 200 Å². The number of piperidine rings is 1. The first-order valence-corrected chi connectivity index (χ1v) is 11.9. The lowest BCUT2D eigenvalue weighted by Crippen LogP contribution is -2.35. The first-order chi connectivity index (χ1) is 16.6. The molecule has 0 unspecified atom stereocenters. The fourth-order valence-corrected chi connectivity index (χ4v) is 4.96. The van der Waals surface area contributed by atoms with Gasteiger partial charge in [0.15, 0.2) is 0 Å². The number of ether oxygens (including phenoxy) is 1. The molecule has 2 aromatic carbocycles. The molecule has 3 heterocycles. The number of amides is 1. The molecule has 4 aromatic rings. The third kappa shape index (κ3) is 4.41. The van der Waals surface area contributed by atoms with Gasteiger partial charge in [0.25, 0.3) is 5.91 Å². The monoisotopic (exact) mass is 454 g/mol. The number of pyridine rings is 1. The second-order valence-corrected chi connectivity index (χ2v) is 8.86. The Bertz CT molecular complexity index is 1280. The van der Waals surface area contributed by atoms with Gasteiger partial charge in [-0.05, 0) is 87.5 Å². The largest absolute Gasteiger partial charge is 0.497 e. The minimum atomic E-state index is -0.145. The summed E-state index contributed by atoms with van der Waals surface area (Å²) in [6.07, 6.45) is 5.55. The lowest BCUT2D eigenvalue weighted by atomic mass is 9.95. The molecule has 5 rings (SSSR count). The number of anilines is 1. The van der Waals surface area contributed by atoms with Crippen LogP contribution in [0, 0.1) is 6.92 Å². The zero-order chi connectivity index (χ0) is 23.5. The summed E-state index contributed by atoms with van der Waals surface area (Å²) in [4.78, 5) is 23.7. The van der Waals surface area contributed by atoms with Crippen LogP contribution in [-0.2, 0) is 0 Å². The van der Waals surface area contributed by atoms with E-state index in [0.29, 0.717) is 5.56 Å². The van der Waals surface area contributed by atoms with Crippen LogP contribution in [-0.4, -0.2) is 41.0 Å². The number of likely N-dealkylation sites (tertiary alicyclic amines) is 1. The lowest BCUT2D eigenvalue weighted by molar-refractivity contribution is 0.102. The summed E-state index contributed by atoms with van der Waals surface area (Å²) in [5.41, 5.74) is 5.85. The Morgan fingerprint density at radius 3 is 2.56 bits per heavy atom. The molecular formula is C28H30N4O2. The van der Waals surface area contributed by atoms with Gasteiger partial charge in [0.05, 0.1) is 18.8 Å². The molecule has 1 amide bonds. The fourth-order valence-electron chi connectivity index (χ4n) is 4.96. The lowest BCUT2D eigenvalue weighted by Gasteiger charge is -2.34. The van der Waals surface area contributed by atoms with Gasteiger partial charge in [-0.15, -0.1) is 0 Å². The molecule has 0 radical (unpaired) electrons. The van der Waals surface area contributed by atoms with Crippen molar-refractivity contribution in [2.75, 3.05) is 25.5 Å². The third-order valence-corrected chi connectivity index (χ3v) is 6.64. The van der Waals surface area contributed by atoms with Crippen molar-refractivity contribution in [2.24, 2.45) is 0 Å². The number of H-pyrrole nitrogens is 1. The Balaban J connectivity index is 1.52. The molecule has 1 fully saturated rings. The summed E-state index contributed by atoms with van der Waals surface area (Å²) < 4.78 is 5.20. The number of hydrogen-bond acceptors (Lipinski definition) is 4. The van der Waals surface area contributed by atoms with Crippen LogP contribution in [0.25, 0.3) is 10.9 Å². The van der Waals surface area contributed by atoms with E-state index in [1.54, 1.807) is 31.4 Å². The van der Waals surface area contributed by atoms with Crippen LogP contribution in [0.2, 0.25) is 0 Å². The van der Waals surface area contributed by atoms with Crippen LogP contribution in [0.5, 0.6) is 5.75 Å². The second kappa shape index (κ2) is 9.69. The van der Waals surface area contributed by atoms with E-state index < -0.39 is 0 Å². The van der Waals surface area contributed by atoms with E-state index in [0.717, 1.165) is 46.8 Å². The molecule has 2 aromatic heterocycles. The number of aromatic amines is 1. The number of methoxy groups -OCH3 is 1. The van der Waals surface area contributed by atoms with Crippen LogP contribution in [0.3, 0.4) is 0 Å². The molecule has 0 aliphatic carbocycles. The fraction of sp³-hybridized carbons (Fsp3) is 0.286. The van der Waals surface area contributed by atoms with Gasteiger partial charge in [-0.3, -0.25) is 14.7 Å². The molecule has 1 aliphatic heterocycles. The average Bonchev–Trinajstić information content (AvgIpc) is 3.20. The molecule has 6 heteroatoms. The van der Waals surface area contributed by atoms with E-state index in [2.05, 4.69) is 40.3 Å². The van der Waals surface area contributed by atoms with Gasteiger partial charge in [0, 0.05) is 39.6 Å². The Hall–Kier alpha value is -3.64. The first-order valence-electron chi connectivity index (χ1n) is 11.9. The average molecular weight is 455 g/mol. The van der Waals surface area contributed by atoms with Crippen molar-refractivity contribution in [3.63, 3.8) is 0 Å². The highest BCUT2D eigenvalue weighted by atomic mass is 16.5. The van der Waals surface area contributed by atoms with Gasteiger partial charge >= 0.3 is 0 Å². The van der Waals surface area contributed by atoms with Crippen LogP contribution >= 0.6 is 0 Å². The van der Waals surface area contributed by atoms with Crippen LogP contribution in [0.15, 0.2) is 66.9 Å². The molecule has 0 bridgehead atoms. The predicted octanol–water partition coefficient (Wildman–Crippen LogP) is 5.71. The number of carbonyl (C=O) groups is 1. The summed E-state index contributed by atoms with van der Waals surface area (Å²) >= 11 is 0. The SMILES string of the molecule is COc1ccc(C(=O)Nc2ccc3[nH]c(C)c([C@@H](c4ccccn4)N4CCCCC4)c3c2)cc1. The number of aromatic nitrogens is 2. The number of carbonyl (C=O) groups excluding carboxylic acids is 1. The number of rotatable bonds is 6. The maximum absolute atomic E-state index is 12.9. The molecule has 174 valence electrons. The highest BCUT2D eigenvalue weighted by molar-refractivity contribution is 6.05. The van der Waals surface area contributed by atoms with E-state index >= 15 is 0 Å². The van der Waals surface area contributed by atoms with Gasteiger partial charge in [-0.1, -0.05) is 12.5 Å². The van der Waals surface area contributed by atoms with Gasteiger partial charge in [-0.25, -0.2) is 0 Å². The number of nitrogens with one attached hydrogen (secondary N) is 2. The third-order valence-electron chi connectivity index (χ3n) is 6.64. The zero-order valence-corrected chi connectivity index (χ0v) is 19.7. The Kier molecular flexibility index (Phi) is 6.32. The molecule has 2 N–H and O–H groups in total. The van der Waals surface area contributed by atoms with Gasteiger partial charge in [0.1, 0.15) is 5.75 Å². The normalized spacial score (nSPS) is 15.2. The number of fused-ring (bicyclic) bond motifs is 1. The topological polar surface area (TPSA) is 70.2 Å². The maximum Gasteiger partial charge on any atom is 0.255 e. The summed E-state index contributed by atoms with van der Waals surface area (Å²) in [6, 6.07) is 19.4. The maximum atomic E-state index is 12.9. The number of hydrogen-bond donors (Lipinski definition) is 2. The summed E-state index contributed by atoms with van der Waals surface area (Å²) in [6.45, 7) is 4.24. The minimum Gasteiger partial charge on any atom is -0.497 e. The molecular weight excluding hydrogens is 424 g/mol. The molecule has 0 saturated carbocycles. The second-order valence-electron chi connectivity index (χ2n) is 8.86. The minimum absolute atomic E-state index is 0.0720. The van der Waals surface area contributed by atoms with Crippen molar-refractivity contribution < 1.29 is 9.53 Å². The van der Waals surface area contributed by atoms with Crippen molar-refractivity contribution in [2.45, 2.75) is 32.2 Å². The summed E-state index contributed by atoms with van der Waals surface area (Å²) in [5.74, 6) is 0.580. The molecule has 34 heavy (non-hydrogen) atoms. The molecule has 1 atom stereocenters. The number of aryl methyl sites for hydroxylation is 1. The van der Waals surface area contributed by atoms with Crippen molar-refractivity contribution in [1.82, 2.24) is 14.9 Å². The highest BCUT2D eigenvalue weighted by Crippen LogP contribution is 2.37. The quantitative estimate of drug-likeness (QED) is 0.392. The van der Waals surface area contributed by atoms with E-state index in [9.17, 15) is 4.79 Å². The van der Waals surface area contributed by atoms with Gasteiger partial charge in [0.2, 0.25) is 0 Å². The van der Waals surface area contributed by atoms with E-state index in [4.69, 9.17) is 9.72 Å². The smallest absolute Gasteiger partial charge is 0.255 e. The van der Waals surface area contributed by atoms with Crippen LogP contribution in [0.4, 0.5) is 5.69 Å². The summed E-state index contributed by atoms with van der Waals surface area (Å²) in [5, 5.41) is 4.18. The van der Waals surface area contributed by atoms with E-state index in [-0.39, 0.29) is 11.9 Å². The standard InChI is InChI=1S/C28H30N4O2/c1-19-26(27(25-8-4-5-15-29-25)32-16-6-3-7-17-32)23-18-21(11-14-24(23)30-19)31-28(33)20-9-12-22(34-2)13-10-20/h4-5,8-15,18,27,30H,3,6-7,16-17H2,1-2H3,(H,31,33)/t27-/m1/s1. The number of benzene rings is 2. The first kappa shape index (κ1) is 22.2. The Morgan fingerprint density at radius 2 is 1.85 bits per heavy atom. The van der Waals surface area contributed by atoms with Crippen molar-refractivity contribution in [3.05, 3.63) is 89.4 Å². The number of nitrogens with zero attached hydrogens (tertiary/aromatic N) is 2. The van der Waals surface area contributed by atoms with Crippen LogP contribution in [0.1, 0.15) is 52.6 Å². The molecule has 6 nitrogen and oxygen atoms in total. The van der Waals surface area contributed by atoms with Crippen molar-refractivity contribution in [3.8, 4) is 5.75 Å². The van der Waals surface area contributed by atoms with Gasteiger partial charge < -0.3 is 15.0 Å². The van der Waals surface area contributed by atoms with Crippen LogP contribution < -0.4 is 10.1 Å². The molecule has 1 aliphatic rings. The predicted molar refractivity (Wildman–Crippen MR) is 135 cm³/mol. The van der Waals surface area contributed by atoms with Gasteiger partial charge in [-0.2, -0.15) is 0 Å². The van der Waals surface area contributed by atoms with Crippen molar-refractivity contribution >= 4 is 22.5 Å².